The summed E-state index contributed by atoms with van der Waals surface area (Å²) in [6.45, 7) is 6.98. The first kappa shape index (κ1) is 37.6. The molecule has 11 rings (SSSR count). The van der Waals surface area contributed by atoms with Gasteiger partial charge < -0.3 is 9.80 Å². The lowest BCUT2D eigenvalue weighted by atomic mass is 9.82. The Morgan fingerprint density at radius 3 is 1.66 bits per heavy atom. The van der Waals surface area contributed by atoms with E-state index in [0.29, 0.717) is 5.92 Å². The molecular formula is C60H48N2. The van der Waals surface area contributed by atoms with Gasteiger partial charge in [0, 0.05) is 51.4 Å². The zero-order chi connectivity index (χ0) is 41.8. The number of rotatable bonds is 8. The van der Waals surface area contributed by atoms with E-state index in [0.717, 1.165) is 22.7 Å². The molecule has 8 aromatic rings. The Bertz CT molecular complexity index is 3090. The van der Waals surface area contributed by atoms with Gasteiger partial charge in [-0.1, -0.05) is 172 Å². The van der Waals surface area contributed by atoms with E-state index in [1.807, 2.05) is 0 Å². The van der Waals surface area contributed by atoms with Gasteiger partial charge in [0.1, 0.15) is 0 Å². The van der Waals surface area contributed by atoms with Gasteiger partial charge in [0.05, 0.1) is 0 Å². The monoisotopic (exact) mass is 796 g/mol. The molecule has 0 aliphatic heterocycles. The summed E-state index contributed by atoms with van der Waals surface area (Å²) in [5.74, 6) is 0.599. The molecule has 8 aromatic carbocycles. The van der Waals surface area contributed by atoms with Gasteiger partial charge in [-0.25, -0.2) is 0 Å². The second kappa shape index (κ2) is 15.2. The van der Waals surface area contributed by atoms with Crippen LogP contribution in [0, 0.1) is 18.8 Å². The number of anilines is 5. The highest BCUT2D eigenvalue weighted by Crippen LogP contribution is 2.52. The highest BCUT2D eigenvalue weighted by molar-refractivity contribution is 5.90. The summed E-state index contributed by atoms with van der Waals surface area (Å²) < 4.78 is 0. The molecule has 0 heterocycles. The summed E-state index contributed by atoms with van der Waals surface area (Å²) in [5, 5.41) is 2.48. The van der Waals surface area contributed by atoms with E-state index in [4.69, 9.17) is 0 Å². The smallest absolute Gasteiger partial charge is 0.0494 e. The second-order valence-corrected chi connectivity index (χ2v) is 17.4. The van der Waals surface area contributed by atoms with Crippen molar-refractivity contribution in [3.63, 3.8) is 0 Å². The first-order chi connectivity index (χ1) is 30.4. The Morgan fingerprint density at radius 1 is 0.419 bits per heavy atom. The molecule has 0 spiro atoms. The number of hydrogen-bond acceptors (Lipinski definition) is 2. The van der Waals surface area contributed by atoms with Crippen molar-refractivity contribution in [2.75, 3.05) is 9.80 Å². The first-order valence-corrected chi connectivity index (χ1v) is 21.8. The van der Waals surface area contributed by atoms with Crippen molar-refractivity contribution < 1.29 is 0 Å². The average Bonchev–Trinajstić information content (AvgIpc) is 3.54. The first-order valence-electron chi connectivity index (χ1n) is 21.8. The maximum atomic E-state index is 2.45. The minimum Gasteiger partial charge on any atom is -0.314 e. The molecule has 0 radical (unpaired) electrons. The fourth-order valence-corrected chi connectivity index (χ4v) is 10.0. The molecule has 298 valence electrons. The van der Waals surface area contributed by atoms with Crippen LogP contribution in [0.1, 0.15) is 30.5 Å². The van der Waals surface area contributed by atoms with Crippen molar-refractivity contribution in [3.8, 4) is 33.4 Å². The summed E-state index contributed by atoms with van der Waals surface area (Å²) >= 11 is 0. The van der Waals surface area contributed by atoms with Gasteiger partial charge in [-0.3, -0.25) is 0 Å². The molecule has 0 bridgehead atoms. The molecular weight excluding hydrogens is 749 g/mol. The normalized spacial score (nSPS) is 16.7. The van der Waals surface area contributed by atoms with Crippen LogP contribution in [0.2, 0.25) is 0 Å². The van der Waals surface area contributed by atoms with Gasteiger partial charge in [0.15, 0.2) is 0 Å². The van der Waals surface area contributed by atoms with E-state index >= 15 is 0 Å². The van der Waals surface area contributed by atoms with Gasteiger partial charge in [0.2, 0.25) is 0 Å². The molecule has 0 N–H and O–H groups in total. The van der Waals surface area contributed by atoms with E-state index in [1.165, 1.54) is 72.2 Å². The van der Waals surface area contributed by atoms with E-state index in [9.17, 15) is 0 Å². The standard InChI is InChI=1S/C60H48N2/c1-41-38-55-54-21-11-12-22-56(54)60(2,3)57(55)40-59(41)61(49-31-24-44(25-32-49)42-14-5-4-6-15-42)50-33-26-45(27-34-50)46-28-35-51(36-29-46)62(52-37-30-43-16-7-8-18-48(43)39-52)58-23-13-19-47-17-9-10-20-53(47)58/h4-40,47,53H,1-3H3. The Hall–Kier alpha value is -7.42. The van der Waals surface area contributed by atoms with Crippen LogP contribution in [0.4, 0.5) is 28.4 Å². The molecule has 0 aromatic heterocycles. The summed E-state index contributed by atoms with van der Waals surface area (Å²) in [4.78, 5) is 4.88. The van der Waals surface area contributed by atoms with Crippen LogP contribution in [0.25, 0.3) is 44.2 Å². The predicted octanol–water partition coefficient (Wildman–Crippen LogP) is 16.2. The Kier molecular flexibility index (Phi) is 9.24. The number of benzene rings is 8. The maximum Gasteiger partial charge on any atom is 0.0494 e. The van der Waals surface area contributed by atoms with Crippen molar-refractivity contribution in [2.24, 2.45) is 11.8 Å². The molecule has 2 atom stereocenters. The number of nitrogens with zero attached hydrogens (tertiary/aromatic N) is 2. The van der Waals surface area contributed by atoms with Crippen LogP contribution in [0.15, 0.2) is 230 Å². The quantitative estimate of drug-likeness (QED) is 0.151. The highest BCUT2D eigenvalue weighted by Gasteiger charge is 2.36. The molecule has 3 aliphatic carbocycles. The van der Waals surface area contributed by atoms with E-state index in [-0.39, 0.29) is 11.3 Å². The highest BCUT2D eigenvalue weighted by atomic mass is 15.2. The van der Waals surface area contributed by atoms with Gasteiger partial charge in [0.25, 0.3) is 0 Å². The maximum absolute atomic E-state index is 2.45. The van der Waals surface area contributed by atoms with Crippen molar-refractivity contribution in [1.29, 1.82) is 0 Å². The zero-order valence-electron chi connectivity index (χ0n) is 35.4. The number of hydrogen-bond donors (Lipinski definition) is 0. The molecule has 62 heavy (non-hydrogen) atoms. The van der Waals surface area contributed by atoms with Gasteiger partial charge in [-0.15, -0.1) is 0 Å². The second-order valence-electron chi connectivity index (χ2n) is 17.4. The molecule has 0 saturated heterocycles. The van der Waals surface area contributed by atoms with Crippen molar-refractivity contribution >= 4 is 39.2 Å². The van der Waals surface area contributed by atoms with E-state index in [2.05, 4.69) is 255 Å². The fraction of sp³-hybridized carbons (Fsp3) is 0.100. The Balaban J connectivity index is 0.962. The third kappa shape index (κ3) is 6.51. The lowest BCUT2D eigenvalue weighted by Gasteiger charge is -2.36. The SMILES string of the molecule is Cc1cc2c(cc1N(c1ccc(-c3ccccc3)cc1)c1ccc(-c3ccc(N(C4=CC=CC5C=CC=CC45)c4ccc5ccccc5c4)cc3)cc1)C(C)(C)c1ccccc1-2. The lowest BCUT2D eigenvalue weighted by molar-refractivity contribution is 0.612. The summed E-state index contributed by atoms with van der Waals surface area (Å²) in [5.41, 5.74) is 18.4. The Morgan fingerprint density at radius 2 is 0.968 bits per heavy atom. The van der Waals surface area contributed by atoms with Crippen molar-refractivity contribution in [1.82, 2.24) is 0 Å². The van der Waals surface area contributed by atoms with E-state index in [1.54, 1.807) is 0 Å². The minimum absolute atomic E-state index is 0.104. The van der Waals surface area contributed by atoms with Gasteiger partial charge >= 0.3 is 0 Å². The topological polar surface area (TPSA) is 6.48 Å². The molecule has 2 unspecified atom stereocenters. The fourth-order valence-electron chi connectivity index (χ4n) is 10.0. The van der Waals surface area contributed by atoms with Crippen molar-refractivity contribution in [3.05, 3.63) is 247 Å². The van der Waals surface area contributed by atoms with Crippen LogP contribution in [0.5, 0.6) is 0 Å². The predicted molar refractivity (Wildman–Crippen MR) is 263 cm³/mol. The van der Waals surface area contributed by atoms with Gasteiger partial charge in [-0.2, -0.15) is 0 Å². The minimum atomic E-state index is -0.104. The number of allylic oxidation sites excluding steroid dienone is 7. The van der Waals surface area contributed by atoms with Gasteiger partial charge in [-0.05, 0) is 135 Å². The number of fused-ring (bicyclic) bond motifs is 5. The zero-order valence-corrected chi connectivity index (χ0v) is 35.4. The molecule has 0 fully saturated rings. The summed E-state index contributed by atoms with van der Waals surface area (Å²) in [6, 6.07) is 67.1. The van der Waals surface area contributed by atoms with Crippen LogP contribution >= 0.6 is 0 Å². The third-order valence-electron chi connectivity index (χ3n) is 13.3. The third-order valence-corrected chi connectivity index (χ3v) is 13.3. The van der Waals surface area contributed by atoms with E-state index < -0.39 is 0 Å². The molecule has 2 nitrogen and oxygen atoms in total. The molecule has 0 amide bonds. The molecule has 3 aliphatic rings. The summed E-state index contributed by atoms with van der Waals surface area (Å²) in [7, 11) is 0. The van der Waals surface area contributed by atoms with Crippen LogP contribution in [0.3, 0.4) is 0 Å². The largest absolute Gasteiger partial charge is 0.314 e. The average molecular weight is 797 g/mol. The summed E-state index contributed by atoms with van der Waals surface area (Å²) in [6.07, 6.45) is 15.8. The van der Waals surface area contributed by atoms with Crippen LogP contribution < -0.4 is 9.80 Å². The van der Waals surface area contributed by atoms with Crippen LogP contribution in [-0.4, -0.2) is 0 Å². The number of aryl methyl sites for hydroxylation is 1. The van der Waals surface area contributed by atoms with Crippen molar-refractivity contribution in [2.45, 2.75) is 26.2 Å². The Labute approximate surface area is 365 Å². The molecule has 2 heteroatoms. The lowest BCUT2D eigenvalue weighted by Crippen LogP contribution is -2.27. The molecule has 0 saturated carbocycles. The van der Waals surface area contributed by atoms with Crippen LogP contribution in [-0.2, 0) is 5.41 Å².